The maximum Gasteiger partial charge on any atom is 0.226 e. The van der Waals surface area contributed by atoms with E-state index >= 15 is 0 Å². The molecular formula is C26H21ClN4O2. The highest BCUT2D eigenvalue weighted by Crippen LogP contribution is 2.34. The topological polar surface area (TPSA) is 71.3 Å². The van der Waals surface area contributed by atoms with E-state index in [-0.39, 0.29) is 11.2 Å². The summed E-state index contributed by atoms with van der Waals surface area (Å²) in [6.45, 7) is 0.358. The predicted molar refractivity (Wildman–Crippen MR) is 129 cm³/mol. The molecule has 0 aliphatic heterocycles. The van der Waals surface area contributed by atoms with E-state index in [9.17, 15) is 5.26 Å². The van der Waals surface area contributed by atoms with Crippen LogP contribution < -0.4 is 14.4 Å². The van der Waals surface area contributed by atoms with E-state index in [1.165, 1.54) is 0 Å². The van der Waals surface area contributed by atoms with Gasteiger partial charge in [-0.05, 0) is 41.4 Å². The van der Waals surface area contributed by atoms with E-state index in [0.717, 1.165) is 16.8 Å². The van der Waals surface area contributed by atoms with Gasteiger partial charge in [0.25, 0.3) is 0 Å². The first-order chi connectivity index (χ1) is 16.0. The Bertz CT molecular complexity index is 1290. The molecule has 0 amide bonds. The molecule has 4 rings (SSSR count). The number of rotatable bonds is 7. The van der Waals surface area contributed by atoms with Crippen molar-refractivity contribution < 1.29 is 9.47 Å². The van der Waals surface area contributed by atoms with Crippen LogP contribution in [-0.4, -0.2) is 24.1 Å². The van der Waals surface area contributed by atoms with Crippen molar-refractivity contribution in [2.45, 2.75) is 6.61 Å². The summed E-state index contributed by atoms with van der Waals surface area (Å²) in [5, 5.41) is 9.39. The Morgan fingerprint density at radius 2 is 1.67 bits per heavy atom. The van der Waals surface area contributed by atoms with E-state index in [2.05, 4.69) is 16.0 Å². The van der Waals surface area contributed by atoms with Gasteiger partial charge in [0, 0.05) is 37.5 Å². The zero-order valence-electron chi connectivity index (χ0n) is 18.2. The molecule has 0 aliphatic rings. The molecule has 33 heavy (non-hydrogen) atoms. The smallest absolute Gasteiger partial charge is 0.226 e. The van der Waals surface area contributed by atoms with Crippen molar-refractivity contribution in [3.05, 3.63) is 95.3 Å². The van der Waals surface area contributed by atoms with E-state index in [4.69, 9.17) is 21.1 Å². The summed E-state index contributed by atoms with van der Waals surface area (Å²) in [5.41, 5.74) is 4.03. The molecule has 0 atom stereocenters. The molecule has 1 heterocycles. The summed E-state index contributed by atoms with van der Waals surface area (Å²) in [5.74, 6) is 1.11. The highest BCUT2D eigenvalue weighted by Gasteiger charge is 2.13. The van der Waals surface area contributed by atoms with Gasteiger partial charge in [-0.25, -0.2) is 4.98 Å². The molecule has 6 nitrogen and oxygen atoms in total. The quantitative estimate of drug-likeness (QED) is 0.312. The van der Waals surface area contributed by atoms with Crippen molar-refractivity contribution in [1.29, 1.82) is 5.26 Å². The minimum Gasteiger partial charge on any atom is -0.485 e. The number of anilines is 1. The zero-order valence-corrected chi connectivity index (χ0v) is 19.0. The van der Waals surface area contributed by atoms with Gasteiger partial charge in [-0.2, -0.15) is 10.2 Å². The lowest BCUT2D eigenvalue weighted by Crippen LogP contribution is -2.07. The molecule has 3 aromatic carbocycles. The fourth-order valence-corrected chi connectivity index (χ4v) is 3.33. The molecule has 0 fully saturated rings. The molecule has 0 unspecified atom stereocenters. The number of benzene rings is 3. The molecule has 164 valence electrons. The van der Waals surface area contributed by atoms with E-state index < -0.39 is 0 Å². The zero-order chi connectivity index (χ0) is 23.2. The minimum atomic E-state index is 0.0578. The third-order valence-corrected chi connectivity index (χ3v) is 5.05. The molecule has 1 aromatic heterocycles. The lowest BCUT2D eigenvalue weighted by Gasteiger charge is -2.14. The van der Waals surface area contributed by atoms with Crippen molar-refractivity contribution in [2.24, 2.45) is 0 Å². The molecule has 4 aromatic rings. The molecule has 0 saturated carbocycles. The van der Waals surface area contributed by atoms with Gasteiger partial charge in [0.1, 0.15) is 6.61 Å². The van der Waals surface area contributed by atoms with E-state index in [1.54, 1.807) is 24.3 Å². The van der Waals surface area contributed by atoms with Crippen LogP contribution in [0.1, 0.15) is 11.1 Å². The number of nitrogens with zero attached hydrogens (tertiary/aromatic N) is 4. The van der Waals surface area contributed by atoms with E-state index in [1.807, 2.05) is 73.6 Å². The number of nitriles is 1. The van der Waals surface area contributed by atoms with Gasteiger partial charge >= 0.3 is 0 Å². The van der Waals surface area contributed by atoms with Crippen molar-refractivity contribution in [2.75, 3.05) is 19.0 Å². The molecule has 0 radical (unpaired) electrons. The van der Waals surface area contributed by atoms with Crippen LogP contribution in [0, 0.1) is 11.3 Å². The van der Waals surface area contributed by atoms with Crippen LogP contribution in [0.15, 0.2) is 78.9 Å². The Labute approximate surface area is 197 Å². The highest BCUT2D eigenvalue weighted by molar-refractivity contribution is 6.28. The normalized spacial score (nSPS) is 10.4. The van der Waals surface area contributed by atoms with Gasteiger partial charge in [-0.1, -0.05) is 42.5 Å². The second kappa shape index (κ2) is 10.0. The van der Waals surface area contributed by atoms with Crippen LogP contribution in [0.4, 0.5) is 5.69 Å². The highest BCUT2D eigenvalue weighted by atomic mass is 35.5. The lowest BCUT2D eigenvalue weighted by atomic mass is 10.1. The fraction of sp³-hybridized carbons (Fsp3) is 0.115. The average molecular weight is 457 g/mol. The molecule has 0 spiro atoms. The van der Waals surface area contributed by atoms with Gasteiger partial charge in [-0.3, -0.25) is 0 Å². The first kappa shape index (κ1) is 22.1. The third kappa shape index (κ3) is 5.59. The monoisotopic (exact) mass is 456 g/mol. The summed E-state index contributed by atoms with van der Waals surface area (Å²) in [7, 11) is 3.96. The second-order valence-electron chi connectivity index (χ2n) is 7.45. The summed E-state index contributed by atoms with van der Waals surface area (Å²) >= 11 is 6.19. The van der Waals surface area contributed by atoms with Gasteiger partial charge in [0.05, 0.1) is 17.3 Å². The Hall–Kier alpha value is -4.08. The summed E-state index contributed by atoms with van der Waals surface area (Å²) in [6.07, 6.45) is 0. The summed E-state index contributed by atoms with van der Waals surface area (Å²) in [4.78, 5) is 10.5. The average Bonchev–Trinajstić information content (AvgIpc) is 2.83. The van der Waals surface area contributed by atoms with Gasteiger partial charge in [0.2, 0.25) is 11.2 Å². The number of ether oxygens (including phenoxy) is 2. The maximum absolute atomic E-state index is 9.33. The second-order valence-corrected chi connectivity index (χ2v) is 7.79. The van der Waals surface area contributed by atoms with Gasteiger partial charge in [0.15, 0.2) is 11.5 Å². The Kier molecular flexibility index (Phi) is 6.72. The van der Waals surface area contributed by atoms with Crippen LogP contribution in [0.3, 0.4) is 0 Å². The molecule has 0 bridgehead atoms. The lowest BCUT2D eigenvalue weighted by molar-refractivity contribution is 0.290. The van der Waals surface area contributed by atoms with Crippen molar-refractivity contribution >= 4 is 17.3 Å². The van der Waals surface area contributed by atoms with Gasteiger partial charge < -0.3 is 14.4 Å². The number of aromatic nitrogens is 2. The number of hydrogen-bond donors (Lipinski definition) is 0. The minimum absolute atomic E-state index is 0.0578. The van der Waals surface area contributed by atoms with Crippen LogP contribution in [0.2, 0.25) is 5.28 Å². The van der Waals surface area contributed by atoms with E-state index in [0.29, 0.717) is 29.4 Å². The van der Waals surface area contributed by atoms with Crippen LogP contribution in [0.25, 0.3) is 11.3 Å². The third-order valence-electron chi connectivity index (χ3n) is 4.88. The summed E-state index contributed by atoms with van der Waals surface area (Å²) in [6, 6.07) is 26.5. The van der Waals surface area contributed by atoms with Crippen LogP contribution >= 0.6 is 11.6 Å². The fourth-order valence-electron chi connectivity index (χ4n) is 3.15. The molecular weight excluding hydrogens is 436 g/mol. The Balaban J connectivity index is 1.62. The van der Waals surface area contributed by atoms with Crippen molar-refractivity contribution in [3.63, 3.8) is 0 Å². The Morgan fingerprint density at radius 1 is 0.909 bits per heavy atom. The number of halogens is 1. The first-order valence-corrected chi connectivity index (χ1v) is 10.6. The summed E-state index contributed by atoms with van der Waals surface area (Å²) < 4.78 is 12.0. The first-order valence-electron chi connectivity index (χ1n) is 10.2. The van der Waals surface area contributed by atoms with Crippen molar-refractivity contribution in [1.82, 2.24) is 9.97 Å². The largest absolute Gasteiger partial charge is 0.485 e. The van der Waals surface area contributed by atoms with Crippen molar-refractivity contribution in [3.8, 4) is 34.7 Å². The van der Waals surface area contributed by atoms with Gasteiger partial charge in [-0.15, -0.1) is 0 Å². The standard InChI is InChI=1S/C26H21ClN4O2/c1-31(2)21-11-9-20(10-12-21)22-15-25(30-26(27)29-22)33-24-14-19(16-28)8-13-23(24)32-17-18-6-4-3-5-7-18/h3-15H,17H2,1-2H3. The molecule has 7 heteroatoms. The molecule has 0 saturated heterocycles. The molecule has 0 N–H and O–H groups in total. The SMILES string of the molecule is CN(C)c1ccc(-c2cc(Oc3cc(C#N)ccc3OCc3ccccc3)nc(Cl)n2)cc1. The Morgan fingerprint density at radius 3 is 2.36 bits per heavy atom. The predicted octanol–water partition coefficient (Wildman–Crippen LogP) is 6.11. The number of hydrogen-bond acceptors (Lipinski definition) is 6. The maximum atomic E-state index is 9.33. The molecule has 0 aliphatic carbocycles. The van der Waals surface area contributed by atoms with Crippen LogP contribution in [-0.2, 0) is 6.61 Å². The van der Waals surface area contributed by atoms with Crippen LogP contribution in [0.5, 0.6) is 17.4 Å².